The largest absolute Gasteiger partial charge is 0.400 e. The number of imidazole rings is 1. The minimum Gasteiger partial charge on any atom is -0.400 e. The zero-order valence-corrected chi connectivity index (χ0v) is 21.5. The lowest BCUT2D eigenvalue weighted by molar-refractivity contribution is -0.109. The average molecular weight is 515 g/mol. The summed E-state index contributed by atoms with van der Waals surface area (Å²) in [6, 6.07) is 15.1. The van der Waals surface area contributed by atoms with Crippen LogP contribution in [-0.4, -0.2) is 73.5 Å². The Morgan fingerprint density at radius 3 is 2.61 bits per heavy atom. The molecule has 0 saturated carbocycles. The fraction of sp³-hybridized carbons (Fsp3) is 0.259. The first kappa shape index (κ1) is 26.6. The fourth-order valence-electron chi connectivity index (χ4n) is 3.85. The van der Waals surface area contributed by atoms with Crippen molar-refractivity contribution in [2.75, 3.05) is 33.1 Å². The maximum Gasteiger partial charge on any atom is 0.223 e. The van der Waals surface area contributed by atoms with Crippen molar-refractivity contribution in [1.82, 2.24) is 34.4 Å². The van der Waals surface area contributed by atoms with Gasteiger partial charge in [-0.3, -0.25) is 0 Å². The van der Waals surface area contributed by atoms with Crippen LogP contribution in [0.4, 0.5) is 5.95 Å². The number of aliphatic hydroxyl groups excluding tert-OH is 1. The second-order valence-electron chi connectivity index (χ2n) is 8.65. The summed E-state index contributed by atoms with van der Waals surface area (Å²) in [5.41, 5.74) is 4.45. The number of aliphatic hydroxyl groups is 1. The predicted molar refractivity (Wildman–Crippen MR) is 143 cm³/mol. The fourth-order valence-corrected chi connectivity index (χ4v) is 3.85. The standard InChI is InChI=1S/C26H26N8O2.CH4O/c1-33(2)13-10-18(17-35)24-14-23(32-36-24)21-7-5-6-20(30-21)22-9-11-27-26(31-22)29-16-19-15-28-25-8-3-4-12-34(19)25;1-2/h3-9,11-12,14-15,17-18H,10,13,16H2,1-2H3,(H,27,29,31);2H,1H3. The van der Waals surface area contributed by atoms with E-state index in [4.69, 9.17) is 14.6 Å². The number of carbonyl (C=O) groups excluding carboxylic acids is 1. The van der Waals surface area contributed by atoms with Crippen LogP contribution in [0.15, 0.2) is 71.6 Å². The van der Waals surface area contributed by atoms with Crippen LogP contribution in [-0.2, 0) is 11.3 Å². The molecule has 196 valence electrons. The Morgan fingerprint density at radius 1 is 1.03 bits per heavy atom. The van der Waals surface area contributed by atoms with E-state index in [1.54, 1.807) is 12.3 Å². The third kappa shape index (κ3) is 6.25. The van der Waals surface area contributed by atoms with E-state index in [0.29, 0.717) is 47.4 Å². The summed E-state index contributed by atoms with van der Waals surface area (Å²) in [6.45, 7) is 1.30. The molecule has 38 heavy (non-hydrogen) atoms. The Morgan fingerprint density at radius 2 is 1.82 bits per heavy atom. The maximum absolute atomic E-state index is 11.6. The average Bonchev–Trinajstić information content (AvgIpc) is 3.61. The van der Waals surface area contributed by atoms with E-state index in [-0.39, 0.29) is 5.92 Å². The molecule has 0 bridgehead atoms. The van der Waals surface area contributed by atoms with Crippen LogP contribution in [0, 0.1) is 0 Å². The van der Waals surface area contributed by atoms with Gasteiger partial charge in [0.05, 0.1) is 41.4 Å². The number of pyridine rings is 2. The van der Waals surface area contributed by atoms with Crippen molar-refractivity contribution in [2.24, 2.45) is 0 Å². The van der Waals surface area contributed by atoms with E-state index >= 15 is 0 Å². The summed E-state index contributed by atoms with van der Waals surface area (Å²) in [7, 11) is 4.94. The highest BCUT2D eigenvalue weighted by atomic mass is 16.5. The van der Waals surface area contributed by atoms with Crippen LogP contribution in [0.3, 0.4) is 0 Å². The van der Waals surface area contributed by atoms with E-state index in [9.17, 15) is 4.79 Å². The van der Waals surface area contributed by atoms with Crippen molar-refractivity contribution in [3.8, 4) is 22.8 Å². The number of nitrogens with zero attached hydrogens (tertiary/aromatic N) is 7. The molecule has 2 N–H and O–H groups in total. The second kappa shape index (κ2) is 12.7. The molecule has 0 aliphatic carbocycles. The van der Waals surface area contributed by atoms with Gasteiger partial charge in [-0.15, -0.1) is 0 Å². The van der Waals surface area contributed by atoms with Gasteiger partial charge < -0.3 is 29.0 Å². The van der Waals surface area contributed by atoms with Crippen LogP contribution in [0.5, 0.6) is 0 Å². The third-order valence-electron chi connectivity index (χ3n) is 5.80. The number of aldehydes is 1. The van der Waals surface area contributed by atoms with E-state index in [0.717, 1.165) is 31.3 Å². The molecule has 11 nitrogen and oxygen atoms in total. The van der Waals surface area contributed by atoms with E-state index in [1.165, 1.54) is 0 Å². The molecule has 1 atom stereocenters. The lowest BCUT2D eigenvalue weighted by atomic mass is 10.0. The normalized spacial score (nSPS) is 11.7. The number of hydrogen-bond acceptors (Lipinski definition) is 10. The Bertz CT molecular complexity index is 1480. The predicted octanol–water partition coefficient (Wildman–Crippen LogP) is 3.30. The number of carbonyl (C=O) groups is 1. The highest BCUT2D eigenvalue weighted by Crippen LogP contribution is 2.25. The molecule has 5 rings (SSSR count). The van der Waals surface area contributed by atoms with Crippen molar-refractivity contribution in [1.29, 1.82) is 0 Å². The number of nitrogens with one attached hydrogen (secondary N) is 1. The SMILES string of the molecule is CN(C)CCC(C=O)c1cc(-c2cccc(-c3ccnc(NCc4cnc5ccccn45)n3)n2)no1.CO. The Balaban J connectivity index is 0.00000164. The van der Waals surface area contributed by atoms with Gasteiger partial charge in [0, 0.05) is 25.6 Å². The van der Waals surface area contributed by atoms with Gasteiger partial charge in [-0.2, -0.15) is 0 Å². The van der Waals surface area contributed by atoms with Crippen LogP contribution < -0.4 is 5.32 Å². The highest BCUT2D eigenvalue weighted by molar-refractivity contribution is 5.65. The first-order chi connectivity index (χ1) is 18.6. The molecule has 0 aliphatic rings. The van der Waals surface area contributed by atoms with Gasteiger partial charge in [0.2, 0.25) is 5.95 Å². The van der Waals surface area contributed by atoms with Gasteiger partial charge in [-0.1, -0.05) is 17.3 Å². The lowest BCUT2D eigenvalue weighted by Gasteiger charge is -2.11. The molecule has 0 spiro atoms. The van der Waals surface area contributed by atoms with Crippen molar-refractivity contribution < 1.29 is 14.4 Å². The number of fused-ring (bicyclic) bond motifs is 1. The summed E-state index contributed by atoms with van der Waals surface area (Å²) in [6.07, 6.45) is 7.06. The minimum absolute atomic E-state index is 0.347. The summed E-state index contributed by atoms with van der Waals surface area (Å²) in [5, 5.41) is 14.4. The number of hydrogen-bond donors (Lipinski definition) is 2. The van der Waals surface area contributed by atoms with Crippen LogP contribution in [0.25, 0.3) is 28.4 Å². The van der Waals surface area contributed by atoms with Gasteiger partial charge in [-0.05, 0) is 57.4 Å². The first-order valence-electron chi connectivity index (χ1n) is 12.1. The van der Waals surface area contributed by atoms with Crippen molar-refractivity contribution in [3.63, 3.8) is 0 Å². The van der Waals surface area contributed by atoms with Crippen molar-refractivity contribution in [3.05, 3.63) is 78.6 Å². The van der Waals surface area contributed by atoms with Gasteiger partial charge in [0.25, 0.3) is 0 Å². The number of anilines is 1. The molecular weight excluding hydrogens is 484 g/mol. The summed E-state index contributed by atoms with van der Waals surface area (Å²) in [4.78, 5) is 31.7. The molecule has 0 aromatic carbocycles. The van der Waals surface area contributed by atoms with Gasteiger partial charge in [0.1, 0.15) is 23.4 Å². The molecule has 0 amide bonds. The number of aromatic nitrogens is 6. The van der Waals surface area contributed by atoms with E-state index in [2.05, 4.69) is 25.4 Å². The Labute approximate surface area is 220 Å². The van der Waals surface area contributed by atoms with Gasteiger partial charge >= 0.3 is 0 Å². The monoisotopic (exact) mass is 514 g/mol. The van der Waals surface area contributed by atoms with Gasteiger partial charge in [-0.25, -0.2) is 19.9 Å². The second-order valence-corrected chi connectivity index (χ2v) is 8.65. The summed E-state index contributed by atoms with van der Waals surface area (Å²) < 4.78 is 7.50. The molecule has 11 heteroatoms. The van der Waals surface area contributed by atoms with Crippen molar-refractivity contribution in [2.45, 2.75) is 18.9 Å². The van der Waals surface area contributed by atoms with Crippen LogP contribution in [0.1, 0.15) is 23.8 Å². The molecule has 0 radical (unpaired) electrons. The molecule has 0 aliphatic heterocycles. The molecule has 0 fully saturated rings. The summed E-state index contributed by atoms with van der Waals surface area (Å²) >= 11 is 0. The smallest absolute Gasteiger partial charge is 0.223 e. The maximum atomic E-state index is 11.6. The van der Waals surface area contributed by atoms with E-state index < -0.39 is 0 Å². The quantitative estimate of drug-likeness (QED) is 0.267. The summed E-state index contributed by atoms with van der Waals surface area (Å²) in [5.74, 6) is 0.680. The zero-order chi connectivity index (χ0) is 26.9. The lowest BCUT2D eigenvalue weighted by Crippen LogP contribution is -2.16. The molecule has 1 unspecified atom stereocenters. The van der Waals surface area contributed by atoms with Gasteiger partial charge in [0.15, 0.2) is 0 Å². The third-order valence-corrected chi connectivity index (χ3v) is 5.80. The number of rotatable bonds is 10. The zero-order valence-electron chi connectivity index (χ0n) is 21.5. The minimum atomic E-state index is -0.347. The molecule has 5 heterocycles. The first-order valence-corrected chi connectivity index (χ1v) is 12.1. The van der Waals surface area contributed by atoms with Crippen LogP contribution >= 0.6 is 0 Å². The van der Waals surface area contributed by atoms with Crippen molar-refractivity contribution >= 4 is 17.9 Å². The molecule has 5 aromatic heterocycles. The van der Waals surface area contributed by atoms with E-state index in [1.807, 2.05) is 78.3 Å². The molecular formula is C27H30N8O3. The Hall–Kier alpha value is -4.48. The molecule has 5 aromatic rings. The highest BCUT2D eigenvalue weighted by Gasteiger charge is 2.18. The Kier molecular flexibility index (Phi) is 8.85. The topological polar surface area (TPSA) is 135 Å². The molecule has 0 saturated heterocycles. The van der Waals surface area contributed by atoms with Crippen LogP contribution in [0.2, 0.25) is 0 Å².